The highest BCUT2D eigenvalue weighted by molar-refractivity contribution is 7.62. The molecule has 2 N–H and O–H groups in total. The third-order valence-electron chi connectivity index (χ3n) is 8.77. The van der Waals surface area contributed by atoms with Crippen LogP contribution in [0.25, 0.3) is 10.8 Å². The SMILES string of the molecule is COCCOCCOCCOc1cc(Cc2nccc(Oc3ccc(NC(=O)Nc4cc(C(C)(C)C)cc(OCP(C)(C)=O)c4OC)c4ccccc34)n2)cc(OC)c1. The Morgan fingerprint density at radius 1 is 0.729 bits per heavy atom. The molecule has 15 heteroatoms. The molecule has 4 aromatic carbocycles. The first-order valence-electron chi connectivity index (χ1n) is 19.2. The zero-order valence-electron chi connectivity index (χ0n) is 35.1. The molecule has 0 atom stereocenters. The Morgan fingerprint density at radius 2 is 1.42 bits per heavy atom. The molecule has 0 bridgehead atoms. The van der Waals surface area contributed by atoms with Gasteiger partial charge in [-0.15, -0.1) is 0 Å². The van der Waals surface area contributed by atoms with E-state index in [9.17, 15) is 9.36 Å². The van der Waals surface area contributed by atoms with Crippen LogP contribution in [-0.4, -0.2) is 96.6 Å². The first-order valence-corrected chi connectivity index (χ1v) is 22.0. The van der Waals surface area contributed by atoms with Gasteiger partial charge in [0.1, 0.15) is 43.2 Å². The van der Waals surface area contributed by atoms with Gasteiger partial charge in [0, 0.05) is 42.6 Å². The number of rotatable bonds is 21. The second kappa shape index (κ2) is 21.0. The second-order valence-electron chi connectivity index (χ2n) is 15.1. The van der Waals surface area contributed by atoms with E-state index in [1.54, 1.807) is 51.9 Å². The van der Waals surface area contributed by atoms with Crippen LogP contribution in [0.15, 0.2) is 79.0 Å². The maximum absolute atomic E-state index is 13.6. The van der Waals surface area contributed by atoms with E-state index in [1.165, 1.54) is 7.11 Å². The number of carbonyl (C=O) groups excluding carboxylic acids is 1. The minimum atomic E-state index is -2.50. The van der Waals surface area contributed by atoms with Crippen molar-refractivity contribution < 1.29 is 47.3 Å². The summed E-state index contributed by atoms with van der Waals surface area (Å²) in [5.74, 6) is 3.44. The fourth-order valence-electron chi connectivity index (χ4n) is 5.85. The topological polar surface area (TPSA) is 158 Å². The van der Waals surface area contributed by atoms with Gasteiger partial charge < -0.3 is 53.1 Å². The number of hydrogen-bond acceptors (Lipinski definition) is 12. The van der Waals surface area contributed by atoms with Crippen LogP contribution in [0.1, 0.15) is 37.7 Å². The van der Waals surface area contributed by atoms with Gasteiger partial charge in [0.05, 0.1) is 58.6 Å². The highest BCUT2D eigenvalue weighted by Gasteiger charge is 2.23. The summed E-state index contributed by atoms with van der Waals surface area (Å²) >= 11 is 0. The van der Waals surface area contributed by atoms with E-state index in [0.29, 0.717) is 97.9 Å². The fraction of sp³-hybridized carbons (Fsp3) is 0.386. The molecule has 316 valence electrons. The Morgan fingerprint density at radius 3 is 2.12 bits per heavy atom. The summed E-state index contributed by atoms with van der Waals surface area (Å²) in [5, 5.41) is 7.43. The molecular weight excluding hydrogens is 775 g/mol. The summed E-state index contributed by atoms with van der Waals surface area (Å²) < 4.78 is 57.9. The molecule has 2 amide bonds. The molecule has 0 unspecified atom stereocenters. The number of nitrogens with one attached hydrogen (secondary N) is 2. The Hall–Kier alpha value is -5.40. The zero-order valence-corrected chi connectivity index (χ0v) is 36.0. The van der Waals surface area contributed by atoms with Crippen molar-refractivity contribution in [1.29, 1.82) is 0 Å². The zero-order chi connectivity index (χ0) is 42.4. The quantitative estimate of drug-likeness (QED) is 0.0535. The highest BCUT2D eigenvalue weighted by atomic mass is 31.2. The molecule has 5 aromatic rings. The van der Waals surface area contributed by atoms with Gasteiger partial charge in [-0.3, -0.25) is 0 Å². The number of anilines is 2. The molecule has 0 aliphatic heterocycles. The van der Waals surface area contributed by atoms with Crippen molar-refractivity contribution in [2.45, 2.75) is 32.6 Å². The number of amides is 2. The van der Waals surface area contributed by atoms with Gasteiger partial charge in [-0.05, 0) is 66.3 Å². The van der Waals surface area contributed by atoms with Gasteiger partial charge in [-0.25, -0.2) is 9.78 Å². The fourth-order valence-corrected chi connectivity index (χ4v) is 6.30. The van der Waals surface area contributed by atoms with Crippen molar-refractivity contribution in [3.8, 4) is 34.6 Å². The minimum absolute atomic E-state index is 0.0306. The average molecular weight is 831 g/mol. The molecule has 0 saturated heterocycles. The maximum Gasteiger partial charge on any atom is 0.323 e. The largest absolute Gasteiger partial charge is 0.497 e. The van der Waals surface area contributed by atoms with Crippen molar-refractivity contribution in [1.82, 2.24) is 9.97 Å². The van der Waals surface area contributed by atoms with Gasteiger partial charge >= 0.3 is 6.03 Å². The van der Waals surface area contributed by atoms with Gasteiger partial charge in [0.25, 0.3) is 0 Å². The molecule has 0 saturated carbocycles. The van der Waals surface area contributed by atoms with E-state index in [-0.39, 0.29) is 11.8 Å². The average Bonchev–Trinajstić information content (AvgIpc) is 3.19. The summed E-state index contributed by atoms with van der Waals surface area (Å²) in [6, 6.07) is 21.7. The van der Waals surface area contributed by atoms with Crippen molar-refractivity contribution >= 4 is 35.3 Å². The first-order chi connectivity index (χ1) is 28.3. The summed E-state index contributed by atoms with van der Waals surface area (Å²) in [4.78, 5) is 22.8. The predicted octanol–water partition coefficient (Wildman–Crippen LogP) is 8.99. The van der Waals surface area contributed by atoms with Crippen LogP contribution in [0.5, 0.6) is 34.6 Å². The van der Waals surface area contributed by atoms with E-state index in [2.05, 4.69) is 36.4 Å². The van der Waals surface area contributed by atoms with Crippen LogP contribution in [0, 0.1) is 0 Å². The summed E-state index contributed by atoms with van der Waals surface area (Å²) in [6.07, 6.45) is 2.08. The number of benzene rings is 4. The first kappa shape index (κ1) is 44.7. The number of carbonyl (C=O) groups is 1. The number of hydrogen-bond donors (Lipinski definition) is 2. The van der Waals surface area contributed by atoms with Crippen molar-refractivity contribution in [3.05, 3.63) is 95.9 Å². The van der Waals surface area contributed by atoms with Crippen LogP contribution in [0.4, 0.5) is 16.2 Å². The molecule has 14 nitrogen and oxygen atoms in total. The van der Waals surface area contributed by atoms with Gasteiger partial charge in [0.15, 0.2) is 11.5 Å². The Kier molecular flexibility index (Phi) is 15.9. The van der Waals surface area contributed by atoms with Crippen LogP contribution >= 0.6 is 7.14 Å². The number of urea groups is 1. The number of fused-ring (bicyclic) bond motifs is 1. The van der Waals surface area contributed by atoms with Crippen LogP contribution in [0.2, 0.25) is 0 Å². The molecule has 59 heavy (non-hydrogen) atoms. The molecule has 0 radical (unpaired) electrons. The van der Waals surface area contributed by atoms with Crippen molar-refractivity contribution in [3.63, 3.8) is 0 Å². The van der Waals surface area contributed by atoms with Crippen LogP contribution in [-0.2, 0) is 30.6 Å². The Labute approximate surface area is 346 Å². The normalized spacial score (nSPS) is 11.6. The lowest BCUT2D eigenvalue weighted by Gasteiger charge is -2.24. The van der Waals surface area contributed by atoms with Crippen LogP contribution < -0.4 is 34.3 Å². The summed E-state index contributed by atoms with van der Waals surface area (Å²) in [6.45, 7) is 12.3. The molecule has 0 aliphatic rings. The van der Waals surface area contributed by atoms with E-state index >= 15 is 0 Å². The lowest BCUT2D eigenvalue weighted by Crippen LogP contribution is -2.21. The molecule has 1 heterocycles. The van der Waals surface area contributed by atoms with E-state index in [4.69, 9.17) is 42.9 Å². The molecule has 0 aliphatic carbocycles. The van der Waals surface area contributed by atoms with E-state index < -0.39 is 13.2 Å². The predicted molar refractivity (Wildman–Crippen MR) is 230 cm³/mol. The number of aromatic nitrogens is 2. The standard InChI is InChI=1S/C44H55N4O10P/c1-44(2,3)31-26-37(42(53-6)39(27-31)57-29-59(7,8)50)47-43(49)46-36-13-14-38(35-12-10-9-11-34(35)36)58-41-15-16-45-40(48-41)25-30-23-32(52-5)28-33(24-30)56-22-21-55-20-19-54-18-17-51-4/h9-16,23-24,26-28H,17-22,25,29H2,1-8H3,(H2,46,47,49). The number of methoxy groups -OCH3 is 3. The van der Waals surface area contributed by atoms with Crippen molar-refractivity contribution in [2.24, 2.45) is 0 Å². The molecule has 0 fully saturated rings. The highest BCUT2D eigenvalue weighted by Crippen LogP contribution is 2.43. The Balaban J connectivity index is 1.27. The summed E-state index contributed by atoms with van der Waals surface area (Å²) in [7, 11) is 2.24. The molecule has 0 spiro atoms. The monoisotopic (exact) mass is 830 g/mol. The smallest absolute Gasteiger partial charge is 0.323 e. The second-order valence-corrected chi connectivity index (χ2v) is 18.5. The minimum Gasteiger partial charge on any atom is -0.497 e. The molecule has 5 rings (SSSR count). The number of nitrogens with zero attached hydrogens (tertiary/aromatic N) is 2. The van der Waals surface area contributed by atoms with Gasteiger partial charge in [-0.1, -0.05) is 45.0 Å². The molecular formula is C44H55N4O10P. The number of ether oxygens (including phenoxy) is 8. The van der Waals surface area contributed by atoms with E-state index in [0.717, 1.165) is 21.9 Å². The van der Waals surface area contributed by atoms with Gasteiger partial charge in [-0.2, -0.15) is 4.98 Å². The van der Waals surface area contributed by atoms with Gasteiger partial charge in [0.2, 0.25) is 5.88 Å². The maximum atomic E-state index is 13.6. The molecule has 1 aromatic heterocycles. The lowest BCUT2D eigenvalue weighted by molar-refractivity contribution is 0.0179. The third-order valence-corrected chi connectivity index (χ3v) is 9.52. The summed E-state index contributed by atoms with van der Waals surface area (Å²) in [5.41, 5.74) is 2.49. The van der Waals surface area contributed by atoms with Crippen molar-refractivity contribution in [2.75, 3.05) is 91.3 Å². The van der Waals surface area contributed by atoms with Crippen LogP contribution in [0.3, 0.4) is 0 Å². The van der Waals surface area contributed by atoms with E-state index in [1.807, 2.05) is 54.6 Å². The lowest BCUT2D eigenvalue weighted by atomic mass is 9.86. The third kappa shape index (κ3) is 13.6. The Bertz CT molecular complexity index is 2220.